The van der Waals surface area contributed by atoms with Crippen molar-refractivity contribution in [2.24, 2.45) is 0 Å². The number of anilines is 3. The average Bonchev–Trinajstić information content (AvgIpc) is 2.81. The minimum atomic E-state index is -3.88. The van der Waals surface area contributed by atoms with E-state index in [1.807, 2.05) is 0 Å². The van der Waals surface area contributed by atoms with Crippen LogP contribution >= 0.6 is 11.6 Å². The van der Waals surface area contributed by atoms with Gasteiger partial charge in [0.2, 0.25) is 15.9 Å². The summed E-state index contributed by atoms with van der Waals surface area (Å²) in [7, 11) is -6.20. The van der Waals surface area contributed by atoms with E-state index in [4.69, 9.17) is 16.3 Å². The zero-order chi connectivity index (χ0) is 26.7. The Balaban J connectivity index is 1.77. The summed E-state index contributed by atoms with van der Waals surface area (Å²) in [5, 5.41) is 2.96. The van der Waals surface area contributed by atoms with Crippen molar-refractivity contribution in [1.29, 1.82) is 0 Å². The fraction of sp³-hybridized carbons (Fsp3) is 0.208. The molecule has 0 radical (unpaired) electrons. The SMILES string of the molecule is COc1ccc(NS(=O)(=O)c2ccc(NC(=O)[C@@H](C)N(c3cc(Cl)ccc3C)S(C)(=O)=O)cc2)cc1. The molecule has 192 valence electrons. The van der Waals surface area contributed by atoms with E-state index in [0.29, 0.717) is 33.4 Å². The number of benzene rings is 3. The Bertz CT molecular complexity index is 1460. The first-order valence-electron chi connectivity index (χ1n) is 10.6. The van der Waals surface area contributed by atoms with E-state index in [0.717, 1.165) is 10.6 Å². The number of amides is 1. The van der Waals surface area contributed by atoms with Crippen LogP contribution in [-0.4, -0.2) is 42.2 Å². The van der Waals surface area contributed by atoms with Crippen LogP contribution in [0, 0.1) is 6.92 Å². The second kappa shape index (κ2) is 10.8. The van der Waals surface area contributed by atoms with Crippen molar-refractivity contribution in [3.63, 3.8) is 0 Å². The number of sulfonamides is 2. The van der Waals surface area contributed by atoms with Crippen molar-refractivity contribution >= 4 is 54.6 Å². The summed E-state index contributed by atoms with van der Waals surface area (Å²) in [5.41, 5.74) is 1.58. The van der Waals surface area contributed by atoms with Gasteiger partial charge in [-0.2, -0.15) is 0 Å². The lowest BCUT2D eigenvalue weighted by Gasteiger charge is -2.29. The predicted molar refractivity (Wildman–Crippen MR) is 142 cm³/mol. The molecular weight excluding hydrogens is 526 g/mol. The van der Waals surface area contributed by atoms with Crippen LogP contribution in [0.15, 0.2) is 71.6 Å². The number of rotatable bonds is 9. The van der Waals surface area contributed by atoms with Crippen molar-refractivity contribution in [1.82, 2.24) is 0 Å². The van der Waals surface area contributed by atoms with Gasteiger partial charge in [-0.1, -0.05) is 17.7 Å². The van der Waals surface area contributed by atoms with Crippen LogP contribution in [0.3, 0.4) is 0 Å². The third-order valence-electron chi connectivity index (χ3n) is 5.27. The van der Waals surface area contributed by atoms with Crippen molar-refractivity contribution < 1.29 is 26.4 Å². The van der Waals surface area contributed by atoms with Crippen molar-refractivity contribution in [2.75, 3.05) is 27.7 Å². The Morgan fingerprint density at radius 3 is 2.08 bits per heavy atom. The molecule has 2 N–H and O–H groups in total. The highest BCUT2D eigenvalue weighted by Gasteiger charge is 2.30. The van der Waals surface area contributed by atoms with Crippen LogP contribution in [0.2, 0.25) is 5.02 Å². The molecule has 0 unspecified atom stereocenters. The van der Waals surface area contributed by atoms with Crippen LogP contribution in [0.25, 0.3) is 0 Å². The van der Waals surface area contributed by atoms with Gasteiger partial charge in [-0.05, 0) is 80.1 Å². The van der Waals surface area contributed by atoms with Gasteiger partial charge in [-0.3, -0.25) is 13.8 Å². The fourth-order valence-electron chi connectivity index (χ4n) is 3.44. The summed E-state index contributed by atoms with van der Waals surface area (Å²) in [6.45, 7) is 3.17. The lowest BCUT2D eigenvalue weighted by atomic mass is 10.1. The first-order valence-corrected chi connectivity index (χ1v) is 14.4. The number of nitrogens with zero attached hydrogens (tertiary/aromatic N) is 1. The molecule has 36 heavy (non-hydrogen) atoms. The van der Waals surface area contributed by atoms with E-state index in [1.165, 1.54) is 44.4 Å². The summed E-state index contributed by atoms with van der Waals surface area (Å²) in [6, 6.07) is 15.6. The van der Waals surface area contributed by atoms with E-state index in [1.54, 1.807) is 43.3 Å². The predicted octanol–water partition coefficient (Wildman–Crippen LogP) is 4.25. The third-order valence-corrected chi connectivity index (χ3v) is 8.13. The molecule has 9 nitrogen and oxygen atoms in total. The Morgan fingerprint density at radius 2 is 1.53 bits per heavy atom. The molecule has 0 aromatic heterocycles. The van der Waals surface area contributed by atoms with Gasteiger partial charge in [-0.25, -0.2) is 16.8 Å². The van der Waals surface area contributed by atoms with Crippen LogP contribution in [0.5, 0.6) is 5.75 Å². The first kappa shape index (κ1) is 27.3. The second-order valence-corrected chi connectivity index (χ2v) is 12.0. The summed E-state index contributed by atoms with van der Waals surface area (Å²) in [5.74, 6) is -0.0148. The third kappa shape index (κ3) is 6.48. The molecule has 0 fully saturated rings. The van der Waals surface area contributed by atoms with E-state index >= 15 is 0 Å². The molecule has 0 spiro atoms. The molecule has 3 rings (SSSR count). The smallest absolute Gasteiger partial charge is 0.261 e. The van der Waals surface area contributed by atoms with Crippen molar-refractivity contribution in [3.05, 3.63) is 77.3 Å². The molecule has 0 bridgehead atoms. The highest BCUT2D eigenvalue weighted by Crippen LogP contribution is 2.29. The van der Waals surface area contributed by atoms with Crippen molar-refractivity contribution in [3.8, 4) is 5.75 Å². The lowest BCUT2D eigenvalue weighted by molar-refractivity contribution is -0.116. The molecule has 12 heteroatoms. The van der Waals surface area contributed by atoms with E-state index in [-0.39, 0.29) is 4.90 Å². The first-order chi connectivity index (χ1) is 16.8. The lowest BCUT2D eigenvalue weighted by Crippen LogP contribution is -2.45. The van der Waals surface area contributed by atoms with Crippen LogP contribution in [-0.2, 0) is 24.8 Å². The molecule has 0 heterocycles. The number of halogens is 1. The molecule has 0 aliphatic rings. The van der Waals surface area contributed by atoms with Gasteiger partial charge >= 0.3 is 0 Å². The molecule has 0 aliphatic heterocycles. The monoisotopic (exact) mass is 551 g/mol. The fourth-order valence-corrected chi connectivity index (χ4v) is 5.89. The molecule has 3 aromatic carbocycles. The van der Waals surface area contributed by atoms with E-state index < -0.39 is 32.0 Å². The number of nitrogens with one attached hydrogen (secondary N) is 2. The number of carbonyl (C=O) groups is 1. The minimum absolute atomic E-state index is 0.0170. The topological polar surface area (TPSA) is 122 Å². The van der Waals surface area contributed by atoms with E-state index in [2.05, 4.69) is 10.0 Å². The molecule has 1 amide bonds. The van der Waals surface area contributed by atoms with Gasteiger partial charge in [0.15, 0.2) is 0 Å². The number of methoxy groups -OCH3 is 1. The van der Waals surface area contributed by atoms with Crippen molar-refractivity contribution in [2.45, 2.75) is 24.8 Å². The van der Waals surface area contributed by atoms with Crippen LogP contribution in [0.4, 0.5) is 17.1 Å². The Hall–Kier alpha value is -3.28. The van der Waals surface area contributed by atoms with Gasteiger partial charge in [0.25, 0.3) is 10.0 Å². The number of hydrogen-bond acceptors (Lipinski definition) is 6. The van der Waals surface area contributed by atoms with Gasteiger partial charge in [-0.15, -0.1) is 0 Å². The zero-order valence-corrected chi connectivity index (χ0v) is 22.4. The highest BCUT2D eigenvalue weighted by atomic mass is 35.5. The largest absolute Gasteiger partial charge is 0.497 e. The minimum Gasteiger partial charge on any atom is -0.497 e. The summed E-state index contributed by atoms with van der Waals surface area (Å²) >= 11 is 6.06. The maximum Gasteiger partial charge on any atom is 0.261 e. The Kier molecular flexibility index (Phi) is 8.17. The van der Waals surface area contributed by atoms with Gasteiger partial charge < -0.3 is 10.1 Å². The number of hydrogen-bond donors (Lipinski definition) is 2. The standard InChI is InChI=1S/C24H26ClN3O6S2/c1-16-5-6-18(25)15-23(16)28(35(4,30)31)17(2)24(29)26-19-9-13-22(14-10-19)36(32,33)27-20-7-11-21(34-3)12-8-20/h5-15,17,27H,1-4H3,(H,26,29)/t17-/m1/s1. The molecule has 0 aliphatic carbocycles. The van der Waals surface area contributed by atoms with Gasteiger partial charge in [0, 0.05) is 16.4 Å². The Labute approximate surface area is 216 Å². The maximum absolute atomic E-state index is 13.0. The average molecular weight is 552 g/mol. The second-order valence-electron chi connectivity index (χ2n) is 8.01. The zero-order valence-electron chi connectivity index (χ0n) is 20.0. The van der Waals surface area contributed by atoms with Crippen LogP contribution < -0.4 is 19.1 Å². The van der Waals surface area contributed by atoms with Gasteiger partial charge in [0.1, 0.15) is 11.8 Å². The van der Waals surface area contributed by atoms with Crippen LogP contribution in [0.1, 0.15) is 12.5 Å². The maximum atomic E-state index is 13.0. The summed E-state index contributed by atoms with van der Waals surface area (Å²) in [6.07, 6.45) is 1.01. The number of carbonyl (C=O) groups excluding carboxylic acids is 1. The molecule has 0 saturated carbocycles. The van der Waals surface area contributed by atoms with Gasteiger partial charge in [0.05, 0.1) is 23.9 Å². The van der Waals surface area contributed by atoms with E-state index in [9.17, 15) is 21.6 Å². The molecule has 3 aromatic rings. The summed E-state index contributed by atoms with van der Waals surface area (Å²) in [4.78, 5) is 12.9. The summed E-state index contributed by atoms with van der Waals surface area (Å²) < 4.78 is 59.0. The molecule has 1 atom stereocenters. The quantitative estimate of drug-likeness (QED) is 0.410. The number of aryl methyl sites for hydroxylation is 1. The number of ether oxygens (including phenoxy) is 1. The Morgan fingerprint density at radius 1 is 0.944 bits per heavy atom. The molecular formula is C24H26ClN3O6S2. The molecule has 0 saturated heterocycles. The normalized spacial score (nSPS) is 12.5. The highest BCUT2D eigenvalue weighted by molar-refractivity contribution is 7.92.